The molecule has 0 N–H and O–H groups in total. The molecule has 1 radical (unpaired) electrons. The van der Waals surface area contributed by atoms with Crippen LogP contribution >= 0.6 is 22.6 Å². The molecule has 0 fully saturated rings. The van der Waals surface area contributed by atoms with E-state index in [1.54, 1.807) is 6.08 Å². The molecule has 1 nitrogen and oxygen atoms in total. The van der Waals surface area contributed by atoms with Crippen LogP contribution in [0.25, 0.3) is 0 Å². The molecule has 0 rings (SSSR count). The fourth-order valence-corrected chi connectivity index (χ4v) is 1.97. The number of halogens is 1. The van der Waals surface area contributed by atoms with Gasteiger partial charge in [-0.05, 0) is 16.8 Å². The van der Waals surface area contributed by atoms with Gasteiger partial charge in [-0.15, -0.1) is 6.58 Å². The minimum absolute atomic E-state index is 0.105. The predicted molar refractivity (Wildman–Crippen MR) is 56.5 cm³/mol. The molecule has 0 saturated heterocycles. The lowest BCUT2D eigenvalue weighted by Gasteiger charge is -2.19. The molecule has 0 bridgehead atoms. The zero-order valence-corrected chi connectivity index (χ0v) is 9.37. The Morgan fingerprint density at radius 3 is 2.45 bits per heavy atom. The maximum atomic E-state index is 11.5. The van der Waals surface area contributed by atoms with E-state index in [1.807, 2.05) is 13.8 Å². The number of alkyl halides is 1. The molecule has 0 aromatic carbocycles. The minimum Gasteiger partial charge on any atom is -0.232 e. The van der Waals surface area contributed by atoms with Crippen LogP contribution in [0.15, 0.2) is 12.7 Å². The second-order valence-electron chi connectivity index (χ2n) is 3.01. The van der Waals surface area contributed by atoms with E-state index in [0.29, 0.717) is 0 Å². The second-order valence-corrected chi connectivity index (χ2v) is 4.09. The minimum atomic E-state index is -0.470. The summed E-state index contributed by atoms with van der Waals surface area (Å²) in [7, 11) is 0. The molecule has 2 heteroatoms. The lowest BCUT2D eigenvalue weighted by Crippen LogP contribution is -2.23. The standard InChI is InChI=1S/C9H16IO/c1-4-7(2)9(11)8(3)5-6-10/h4,7-9H,1,5-6H2,2-3H3. The smallest absolute Gasteiger partial charge is 0.101 e. The van der Waals surface area contributed by atoms with Gasteiger partial charge in [-0.1, -0.05) is 42.5 Å². The van der Waals surface area contributed by atoms with Crippen molar-refractivity contribution in [1.29, 1.82) is 0 Å². The zero-order valence-electron chi connectivity index (χ0n) is 7.22. The van der Waals surface area contributed by atoms with E-state index in [-0.39, 0.29) is 11.8 Å². The molecule has 0 heterocycles. The van der Waals surface area contributed by atoms with Crippen molar-refractivity contribution in [3.63, 3.8) is 0 Å². The Kier molecular flexibility index (Phi) is 6.24. The molecular formula is C9H16IO. The first-order chi connectivity index (χ1) is 5.13. The van der Waals surface area contributed by atoms with E-state index in [1.165, 1.54) is 0 Å². The summed E-state index contributed by atoms with van der Waals surface area (Å²) < 4.78 is 1.07. The van der Waals surface area contributed by atoms with Crippen molar-refractivity contribution in [2.75, 3.05) is 4.43 Å². The highest BCUT2D eigenvalue weighted by molar-refractivity contribution is 14.1. The third-order valence-corrected chi connectivity index (χ3v) is 2.64. The molecule has 0 aromatic heterocycles. The van der Waals surface area contributed by atoms with Crippen molar-refractivity contribution in [2.45, 2.75) is 26.4 Å². The van der Waals surface area contributed by atoms with Gasteiger partial charge in [-0.2, -0.15) is 0 Å². The first-order valence-electron chi connectivity index (χ1n) is 3.97. The number of hydrogen-bond acceptors (Lipinski definition) is 0. The van der Waals surface area contributed by atoms with Crippen molar-refractivity contribution in [2.24, 2.45) is 11.8 Å². The summed E-state index contributed by atoms with van der Waals surface area (Å²) in [6, 6.07) is 0. The Balaban J connectivity index is 3.79. The summed E-state index contributed by atoms with van der Waals surface area (Å²) in [5.41, 5.74) is 0. The topological polar surface area (TPSA) is 19.9 Å². The Bertz CT molecular complexity index is 114. The van der Waals surface area contributed by atoms with Gasteiger partial charge in [0.15, 0.2) is 0 Å². The molecule has 3 atom stereocenters. The third kappa shape index (κ3) is 4.11. The normalized spacial score (nSPS) is 18.9. The van der Waals surface area contributed by atoms with Crippen LogP contribution in [0.5, 0.6) is 0 Å². The van der Waals surface area contributed by atoms with Crippen LogP contribution in [-0.2, 0) is 5.11 Å². The first-order valence-corrected chi connectivity index (χ1v) is 5.50. The van der Waals surface area contributed by atoms with Crippen LogP contribution in [0.4, 0.5) is 0 Å². The van der Waals surface area contributed by atoms with Gasteiger partial charge in [-0.3, -0.25) is 0 Å². The van der Waals surface area contributed by atoms with Crippen molar-refractivity contribution >= 4 is 22.6 Å². The maximum Gasteiger partial charge on any atom is 0.101 e. The average molecular weight is 267 g/mol. The Morgan fingerprint density at radius 2 is 2.09 bits per heavy atom. The summed E-state index contributed by atoms with van der Waals surface area (Å²) in [6.07, 6.45) is 2.30. The van der Waals surface area contributed by atoms with Crippen LogP contribution in [0.3, 0.4) is 0 Å². The van der Waals surface area contributed by atoms with E-state index >= 15 is 0 Å². The summed E-state index contributed by atoms with van der Waals surface area (Å²) in [6.45, 7) is 7.59. The highest BCUT2D eigenvalue weighted by Gasteiger charge is 2.19. The van der Waals surface area contributed by atoms with Gasteiger partial charge in [-0.25, -0.2) is 5.11 Å². The van der Waals surface area contributed by atoms with E-state index < -0.39 is 6.10 Å². The monoisotopic (exact) mass is 267 g/mol. The van der Waals surface area contributed by atoms with Crippen molar-refractivity contribution < 1.29 is 5.11 Å². The lowest BCUT2D eigenvalue weighted by atomic mass is 9.92. The van der Waals surface area contributed by atoms with Crippen LogP contribution in [0, 0.1) is 11.8 Å². The quantitative estimate of drug-likeness (QED) is 0.414. The largest absolute Gasteiger partial charge is 0.232 e. The van der Waals surface area contributed by atoms with Gasteiger partial charge in [0.25, 0.3) is 0 Å². The van der Waals surface area contributed by atoms with Gasteiger partial charge in [0.1, 0.15) is 6.10 Å². The molecule has 0 aliphatic rings. The van der Waals surface area contributed by atoms with E-state index in [2.05, 4.69) is 29.2 Å². The van der Waals surface area contributed by atoms with Crippen LogP contribution in [0.2, 0.25) is 0 Å². The summed E-state index contributed by atoms with van der Waals surface area (Å²) in [5, 5.41) is 11.5. The van der Waals surface area contributed by atoms with Crippen LogP contribution in [-0.4, -0.2) is 10.5 Å². The molecule has 11 heavy (non-hydrogen) atoms. The van der Waals surface area contributed by atoms with Crippen LogP contribution in [0.1, 0.15) is 20.3 Å². The molecular weight excluding hydrogens is 251 g/mol. The first kappa shape index (κ1) is 11.4. The highest BCUT2D eigenvalue weighted by atomic mass is 127. The van der Waals surface area contributed by atoms with Crippen LogP contribution < -0.4 is 0 Å². The Labute approximate surface area is 83.0 Å². The predicted octanol–water partition coefficient (Wildman–Crippen LogP) is 3.07. The Morgan fingerprint density at radius 1 is 1.55 bits per heavy atom. The van der Waals surface area contributed by atoms with Gasteiger partial charge in [0.05, 0.1) is 0 Å². The Hall–Kier alpha value is 0.430. The van der Waals surface area contributed by atoms with Gasteiger partial charge in [0.2, 0.25) is 0 Å². The highest BCUT2D eigenvalue weighted by Crippen LogP contribution is 2.18. The van der Waals surface area contributed by atoms with Gasteiger partial charge >= 0.3 is 0 Å². The molecule has 0 amide bonds. The second kappa shape index (κ2) is 6.00. The number of rotatable bonds is 5. The third-order valence-electron chi connectivity index (χ3n) is 2.02. The molecule has 3 unspecified atom stereocenters. The SMILES string of the molecule is C=CC(C)C([O])C(C)CCI. The van der Waals surface area contributed by atoms with Gasteiger partial charge in [0, 0.05) is 5.92 Å². The fraction of sp³-hybridized carbons (Fsp3) is 0.778. The lowest BCUT2D eigenvalue weighted by molar-refractivity contribution is 0.0150. The van der Waals surface area contributed by atoms with E-state index in [9.17, 15) is 5.11 Å². The summed E-state index contributed by atoms with van der Waals surface area (Å²) in [4.78, 5) is 0. The molecule has 0 spiro atoms. The van der Waals surface area contributed by atoms with Crippen molar-refractivity contribution in [3.8, 4) is 0 Å². The van der Waals surface area contributed by atoms with Crippen molar-refractivity contribution in [3.05, 3.63) is 12.7 Å². The maximum absolute atomic E-state index is 11.5. The molecule has 0 aliphatic heterocycles. The van der Waals surface area contributed by atoms with Crippen molar-refractivity contribution in [1.82, 2.24) is 0 Å². The summed E-state index contributed by atoms with van der Waals surface area (Å²) in [5.74, 6) is 0.382. The molecule has 0 aliphatic carbocycles. The fourth-order valence-electron chi connectivity index (χ4n) is 0.989. The number of hydrogen-bond donors (Lipinski definition) is 0. The molecule has 0 saturated carbocycles. The molecule has 0 aromatic rings. The average Bonchev–Trinajstić information content (AvgIpc) is 2.02. The van der Waals surface area contributed by atoms with E-state index in [0.717, 1.165) is 10.8 Å². The van der Waals surface area contributed by atoms with E-state index in [4.69, 9.17) is 0 Å². The van der Waals surface area contributed by atoms with Gasteiger partial charge < -0.3 is 0 Å². The summed E-state index contributed by atoms with van der Waals surface area (Å²) >= 11 is 2.31. The molecule has 65 valence electrons. The zero-order chi connectivity index (χ0) is 8.85.